The van der Waals surface area contributed by atoms with Crippen LogP contribution in [0.5, 0.6) is 0 Å². The average molecular weight is 289 g/mol. The Balaban J connectivity index is 1.74. The Labute approximate surface area is 124 Å². The third-order valence-corrected chi connectivity index (χ3v) is 3.94. The fourth-order valence-electron chi connectivity index (χ4n) is 2.96. The number of likely N-dealkylation sites (tertiary alicyclic amines) is 1. The van der Waals surface area contributed by atoms with Gasteiger partial charge in [-0.15, -0.1) is 0 Å². The first-order chi connectivity index (χ1) is 10.2. The Morgan fingerprint density at radius 1 is 1.29 bits per heavy atom. The van der Waals surface area contributed by atoms with Gasteiger partial charge in [0.05, 0.1) is 12.6 Å². The van der Waals surface area contributed by atoms with Gasteiger partial charge >= 0.3 is 0 Å². The summed E-state index contributed by atoms with van der Waals surface area (Å²) in [7, 11) is 0. The first-order valence-corrected chi connectivity index (χ1v) is 7.70. The summed E-state index contributed by atoms with van der Waals surface area (Å²) in [5.41, 5.74) is 0. The summed E-state index contributed by atoms with van der Waals surface area (Å²) >= 11 is 0. The van der Waals surface area contributed by atoms with E-state index in [0.29, 0.717) is 12.0 Å². The molecule has 0 amide bonds. The average Bonchev–Trinajstić information content (AvgIpc) is 3.11. The summed E-state index contributed by atoms with van der Waals surface area (Å²) in [6.07, 6.45) is 6.82. The molecule has 0 bridgehead atoms. The first kappa shape index (κ1) is 14.2. The summed E-state index contributed by atoms with van der Waals surface area (Å²) in [5.74, 6) is 2.57. The van der Waals surface area contributed by atoms with Crippen LogP contribution in [0.1, 0.15) is 50.8 Å². The molecule has 114 valence electrons. The lowest BCUT2D eigenvalue weighted by Gasteiger charge is -2.33. The molecule has 0 radical (unpaired) electrons. The smallest absolute Gasteiger partial charge is 0.141 e. The Morgan fingerprint density at radius 2 is 2.19 bits per heavy atom. The van der Waals surface area contributed by atoms with E-state index in [4.69, 9.17) is 0 Å². The Bertz CT molecular complexity index is 545. The molecule has 1 unspecified atom stereocenters. The highest BCUT2D eigenvalue weighted by Crippen LogP contribution is 2.29. The lowest BCUT2D eigenvalue weighted by atomic mass is 10.0. The lowest BCUT2D eigenvalue weighted by molar-refractivity contribution is 0.128. The summed E-state index contributed by atoms with van der Waals surface area (Å²) < 4.78 is 2.02. The van der Waals surface area contributed by atoms with Crippen LogP contribution in [0.15, 0.2) is 12.7 Å². The number of hydrogen-bond donors (Lipinski definition) is 1. The van der Waals surface area contributed by atoms with Gasteiger partial charge in [-0.1, -0.05) is 20.3 Å². The zero-order valence-electron chi connectivity index (χ0n) is 12.7. The van der Waals surface area contributed by atoms with Crippen molar-refractivity contribution < 1.29 is 0 Å². The maximum Gasteiger partial charge on any atom is 0.141 e. The van der Waals surface area contributed by atoms with Gasteiger partial charge in [-0.3, -0.25) is 10.00 Å². The van der Waals surface area contributed by atoms with Crippen LogP contribution >= 0.6 is 0 Å². The second-order valence-electron chi connectivity index (χ2n) is 6.10. The number of nitrogens with zero attached hydrogens (tertiary/aromatic N) is 6. The van der Waals surface area contributed by atoms with E-state index >= 15 is 0 Å². The molecule has 1 atom stereocenters. The predicted octanol–water partition coefficient (Wildman–Crippen LogP) is 1.78. The number of nitrogens with one attached hydrogen (secondary N) is 1. The predicted molar refractivity (Wildman–Crippen MR) is 78.2 cm³/mol. The Kier molecular flexibility index (Phi) is 4.28. The molecule has 1 N–H and O–H groups in total. The number of hydrogen-bond acceptors (Lipinski definition) is 5. The van der Waals surface area contributed by atoms with Crippen molar-refractivity contribution in [1.29, 1.82) is 0 Å². The molecule has 3 rings (SSSR count). The molecule has 0 saturated carbocycles. The molecule has 1 aliphatic rings. The minimum absolute atomic E-state index is 0.311. The Morgan fingerprint density at radius 3 is 2.95 bits per heavy atom. The van der Waals surface area contributed by atoms with Crippen molar-refractivity contribution in [2.75, 3.05) is 6.54 Å². The maximum absolute atomic E-state index is 4.44. The standard InChI is InChI=1S/C14H23N7/c1-11(2)7-21-13(15-10-18-21)8-20-6-4-3-5-12(20)14-16-9-17-19-14/h9-12H,3-8H2,1-2H3,(H,16,17,19). The second kappa shape index (κ2) is 6.34. The molecule has 2 aromatic heterocycles. The molecular formula is C14H23N7. The molecule has 7 heteroatoms. The molecule has 1 fully saturated rings. The first-order valence-electron chi connectivity index (χ1n) is 7.70. The van der Waals surface area contributed by atoms with Crippen LogP contribution in [0.25, 0.3) is 0 Å². The second-order valence-corrected chi connectivity index (χ2v) is 6.10. The fourth-order valence-corrected chi connectivity index (χ4v) is 2.96. The molecule has 0 spiro atoms. The number of aromatic amines is 1. The third kappa shape index (κ3) is 3.29. The summed E-state index contributed by atoms with van der Waals surface area (Å²) in [4.78, 5) is 11.2. The van der Waals surface area contributed by atoms with Crippen molar-refractivity contribution in [3.05, 3.63) is 24.3 Å². The highest BCUT2D eigenvalue weighted by molar-refractivity contribution is 4.97. The van der Waals surface area contributed by atoms with E-state index in [1.165, 1.54) is 12.8 Å². The van der Waals surface area contributed by atoms with Gasteiger partial charge in [0, 0.05) is 6.54 Å². The van der Waals surface area contributed by atoms with E-state index in [-0.39, 0.29) is 0 Å². The lowest BCUT2D eigenvalue weighted by Crippen LogP contribution is -2.34. The minimum Gasteiger partial charge on any atom is -0.286 e. The van der Waals surface area contributed by atoms with Crippen LogP contribution in [0, 0.1) is 5.92 Å². The number of aromatic nitrogens is 6. The van der Waals surface area contributed by atoms with E-state index in [2.05, 4.69) is 44.0 Å². The van der Waals surface area contributed by atoms with Crippen molar-refractivity contribution >= 4 is 0 Å². The van der Waals surface area contributed by atoms with E-state index in [0.717, 1.165) is 37.7 Å². The van der Waals surface area contributed by atoms with Crippen molar-refractivity contribution in [3.63, 3.8) is 0 Å². The monoisotopic (exact) mass is 289 g/mol. The van der Waals surface area contributed by atoms with Gasteiger partial charge in [-0.25, -0.2) is 14.6 Å². The van der Waals surface area contributed by atoms with Gasteiger partial charge in [0.2, 0.25) is 0 Å². The Hall–Kier alpha value is -1.76. The topological polar surface area (TPSA) is 75.5 Å². The highest BCUT2D eigenvalue weighted by atomic mass is 15.4. The molecule has 3 heterocycles. The van der Waals surface area contributed by atoms with Crippen LogP contribution in [0.4, 0.5) is 0 Å². The van der Waals surface area contributed by atoms with Gasteiger partial charge in [0.15, 0.2) is 0 Å². The van der Waals surface area contributed by atoms with Crippen LogP contribution in [0.2, 0.25) is 0 Å². The van der Waals surface area contributed by atoms with Gasteiger partial charge < -0.3 is 0 Å². The summed E-state index contributed by atoms with van der Waals surface area (Å²) in [6.45, 7) is 7.20. The zero-order valence-corrected chi connectivity index (χ0v) is 12.7. The quantitative estimate of drug-likeness (QED) is 0.908. The third-order valence-electron chi connectivity index (χ3n) is 3.94. The SMILES string of the molecule is CC(C)Cn1ncnc1CN1CCCCC1c1ncn[nH]1. The van der Waals surface area contributed by atoms with Crippen molar-refractivity contribution in [2.24, 2.45) is 5.92 Å². The van der Waals surface area contributed by atoms with Gasteiger partial charge in [-0.05, 0) is 25.3 Å². The fraction of sp³-hybridized carbons (Fsp3) is 0.714. The molecule has 21 heavy (non-hydrogen) atoms. The van der Waals surface area contributed by atoms with E-state index in [1.807, 2.05) is 4.68 Å². The van der Waals surface area contributed by atoms with Gasteiger partial charge in [-0.2, -0.15) is 10.2 Å². The maximum atomic E-state index is 4.44. The molecule has 1 saturated heterocycles. The number of H-pyrrole nitrogens is 1. The normalized spacial score (nSPS) is 20.2. The van der Waals surface area contributed by atoms with E-state index < -0.39 is 0 Å². The van der Waals surface area contributed by atoms with Crippen LogP contribution < -0.4 is 0 Å². The number of rotatable bonds is 5. The molecule has 2 aromatic rings. The van der Waals surface area contributed by atoms with Crippen molar-refractivity contribution in [2.45, 2.75) is 52.2 Å². The van der Waals surface area contributed by atoms with Crippen LogP contribution in [0.3, 0.4) is 0 Å². The molecule has 0 aromatic carbocycles. The summed E-state index contributed by atoms with van der Waals surface area (Å²) in [6, 6.07) is 0.311. The van der Waals surface area contributed by atoms with Crippen LogP contribution in [-0.4, -0.2) is 41.4 Å². The molecule has 0 aliphatic carbocycles. The van der Waals surface area contributed by atoms with Crippen LogP contribution in [-0.2, 0) is 13.1 Å². The number of piperidine rings is 1. The minimum atomic E-state index is 0.311. The zero-order chi connectivity index (χ0) is 14.7. The molecule has 1 aliphatic heterocycles. The van der Waals surface area contributed by atoms with Crippen molar-refractivity contribution in [3.8, 4) is 0 Å². The molecular weight excluding hydrogens is 266 g/mol. The largest absolute Gasteiger partial charge is 0.286 e. The van der Waals surface area contributed by atoms with E-state index in [1.54, 1.807) is 12.7 Å². The van der Waals surface area contributed by atoms with E-state index in [9.17, 15) is 0 Å². The van der Waals surface area contributed by atoms with Crippen molar-refractivity contribution in [1.82, 2.24) is 34.8 Å². The van der Waals surface area contributed by atoms with Gasteiger partial charge in [0.1, 0.15) is 24.3 Å². The molecule has 7 nitrogen and oxygen atoms in total. The van der Waals surface area contributed by atoms with Gasteiger partial charge in [0.25, 0.3) is 0 Å². The summed E-state index contributed by atoms with van der Waals surface area (Å²) in [5, 5.41) is 11.4. The highest BCUT2D eigenvalue weighted by Gasteiger charge is 2.27.